The van der Waals surface area contributed by atoms with Gasteiger partial charge >= 0.3 is 34.9 Å². The number of hydrogen-bond acceptors (Lipinski definition) is 19. The smallest absolute Gasteiger partial charge is 0.417 e. The normalized spacial score (nSPS) is 11.2. The number of nitriles is 1. The number of pyridine rings is 1. The van der Waals surface area contributed by atoms with Crippen molar-refractivity contribution in [2.45, 2.75) is 92.5 Å². The third-order valence-corrected chi connectivity index (χ3v) is 19.2. The molecule has 0 N–H and O–H groups in total. The van der Waals surface area contributed by atoms with Crippen molar-refractivity contribution in [3.8, 4) is 52.0 Å². The number of rotatable bonds is 18. The number of fused-ring (bicyclic) bond motifs is 7. The van der Waals surface area contributed by atoms with Crippen LogP contribution in [0.3, 0.4) is 0 Å². The molecule has 1 aliphatic carbocycles. The Labute approximate surface area is 676 Å². The van der Waals surface area contributed by atoms with Crippen LogP contribution in [0.4, 0.5) is 26.3 Å². The number of aromatic nitrogens is 2. The summed E-state index contributed by atoms with van der Waals surface area (Å²) in [6.45, 7) is 12.5. The molecule has 16 rings (SSSR count). The third-order valence-electron chi connectivity index (χ3n) is 19.2. The number of nitrogens with zero attached hydrogens (tertiary/aromatic N) is 3. The van der Waals surface area contributed by atoms with Gasteiger partial charge in [-0.1, -0.05) is 131 Å². The number of halogens is 6. The van der Waals surface area contributed by atoms with E-state index in [1.165, 1.54) is 67.3 Å². The van der Waals surface area contributed by atoms with Crippen molar-refractivity contribution >= 4 is 65.9 Å². The molecule has 0 saturated heterocycles. The van der Waals surface area contributed by atoms with Crippen molar-refractivity contribution in [2.24, 2.45) is 5.41 Å². The number of benzene rings is 10. The monoisotopic (exact) mass is 1620 g/mol. The van der Waals surface area contributed by atoms with Gasteiger partial charge in [0, 0.05) is 93.3 Å². The highest BCUT2D eigenvalue weighted by Gasteiger charge is 2.35. The molecule has 0 saturated carbocycles. The first-order valence-electron chi connectivity index (χ1n) is 37.5. The molecule has 1 aliphatic heterocycles. The Morgan fingerprint density at radius 2 is 0.891 bits per heavy atom. The number of methoxy groups -OCH3 is 2. The minimum absolute atomic E-state index is 0.0108. The van der Waals surface area contributed by atoms with Gasteiger partial charge in [-0.15, -0.1) is 0 Å². The molecule has 0 atom stereocenters. The molecule has 5 aromatic heterocycles. The molecule has 0 unspecified atom stereocenters. The second kappa shape index (κ2) is 39.4. The summed E-state index contributed by atoms with van der Waals surface area (Å²) in [5, 5.41) is 11.2. The number of aryl methyl sites for hydroxylation is 1. The first-order chi connectivity index (χ1) is 57.2. The molecular weight excluding hydrogens is 1540 g/mol. The summed E-state index contributed by atoms with van der Waals surface area (Å²) >= 11 is 0. The minimum Gasteiger partial charge on any atom is -0.497 e. The van der Waals surface area contributed by atoms with Crippen LogP contribution in [0.2, 0.25) is 0 Å². The van der Waals surface area contributed by atoms with E-state index >= 15 is 0 Å². The average molecular weight is 1620 g/mol. The molecule has 119 heavy (non-hydrogen) atoms. The quantitative estimate of drug-likeness (QED) is 0.0439. The van der Waals surface area contributed by atoms with Gasteiger partial charge in [-0.2, -0.15) is 31.6 Å². The molecule has 2 aliphatic rings. The van der Waals surface area contributed by atoms with Gasteiger partial charge in [-0.05, 0) is 151 Å². The van der Waals surface area contributed by atoms with Crippen LogP contribution in [0.25, 0.3) is 77.3 Å². The average Bonchev–Trinajstić information content (AvgIpc) is 0.790. The summed E-state index contributed by atoms with van der Waals surface area (Å²) in [6, 6.07) is 72.2. The molecule has 0 fully saturated rings. The van der Waals surface area contributed by atoms with Gasteiger partial charge in [-0.25, -0.2) is 24.2 Å². The zero-order chi connectivity index (χ0) is 84.8. The standard InChI is InChI=1S/C19H13NO3.C19H26O3.C17H11F3O3.C16H13NO.C12H9NO3.C11H7F3O3/c21-14-6-8-16-18(10-14)23-19-11-15(7-9-17(19)20-16)22-12-13-4-2-1-3-5-13;1-6-19(4,7-2)11-10-16-13(3)15-9-8-14(21-5)12-17(15)22-18(16)20;18-17(19,20)14-9-16(21)23-15-8-12(6-7-13(14)15)22-10-11-4-2-1-3-5-11;1-2-5-13(6-3-1)12-18-15-9-8-14-7-4-10-17-16(14)11-15;1-2-15-10-4-3-8-5-9(7-13)12(14)16-11(8)6-10;1-16-6-2-3-7-8(11(12,13)14)5-10(15)17-9(7)4-6/h1-11H,12H2;8-9,12H,6-7,10-11H2,1-5H3;1-9H,10H2;1-11H,12H2;3-6H,2H2,1H3;2-5H,1H3. The third kappa shape index (κ3) is 23.1. The molecular formula is C94H79F6N3O16. The lowest BCUT2D eigenvalue weighted by Gasteiger charge is -2.26. The fourth-order valence-corrected chi connectivity index (χ4v) is 12.3. The lowest BCUT2D eigenvalue weighted by atomic mass is 9.79. The molecule has 0 radical (unpaired) electrons. The zero-order valence-corrected chi connectivity index (χ0v) is 65.5. The summed E-state index contributed by atoms with van der Waals surface area (Å²) in [7, 11) is 2.98. The van der Waals surface area contributed by atoms with Crippen molar-refractivity contribution < 1.29 is 76.8 Å². The van der Waals surface area contributed by atoms with Gasteiger partial charge in [0.15, 0.2) is 16.8 Å². The van der Waals surface area contributed by atoms with Crippen LogP contribution in [0, 0.1) is 23.7 Å². The maximum atomic E-state index is 13.0. The van der Waals surface area contributed by atoms with E-state index in [1.54, 1.807) is 55.8 Å². The van der Waals surface area contributed by atoms with Crippen LogP contribution < -0.4 is 56.4 Å². The second-order valence-corrected chi connectivity index (χ2v) is 27.2. The van der Waals surface area contributed by atoms with Crippen molar-refractivity contribution in [1.82, 2.24) is 9.97 Å². The molecule has 14 aromatic rings. The van der Waals surface area contributed by atoms with E-state index in [2.05, 4.69) is 42.9 Å². The fraction of sp³-hybridized carbons (Fsp3) is 0.191. The van der Waals surface area contributed by atoms with Crippen LogP contribution in [-0.2, 0) is 38.6 Å². The molecule has 6 heterocycles. The van der Waals surface area contributed by atoms with E-state index in [1.807, 2.05) is 147 Å². The van der Waals surface area contributed by atoms with Gasteiger partial charge in [0.1, 0.15) is 99.5 Å². The molecule has 0 spiro atoms. The van der Waals surface area contributed by atoms with E-state index in [0.29, 0.717) is 94.3 Å². The van der Waals surface area contributed by atoms with E-state index in [4.69, 9.17) is 55.8 Å². The molecule has 0 bridgehead atoms. The highest BCUT2D eigenvalue weighted by atomic mass is 19.4. The lowest BCUT2D eigenvalue weighted by Crippen LogP contribution is -2.18. The predicted octanol–water partition coefficient (Wildman–Crippen LogP) is 21.8. The summed E-state index contributed by atoms with van der Waals surface area (Å²) in [4.78, 5) is 66.3. The summed E-state index contributed by atoms with van der Waals surface area (Å²) < 4.78 is 135. The van der Waals surface area contributed by atoms with Crippen molar-refractivity contribution in [1.29, 1.82) is 5.26 Å². The van der Waals surface area contributed by atoms with Gasteiger partial charge in [0.2, 0.25) is 0 Å². The summed E-state index contributed by atoms with van der Waals surface area (Å²) in [5.74, 6) is 4.01. The van der Waals surface area contributed by atoms with Crippen LogP contribution >= 0.6 is 0 Å². The number of ether oxygens (including phenoxy) is 6. The SMILES string of the molecule is CCC(C)(CC)CCc1c(C)c2ccc(OC)cc2oc1=O.CCOc1ccc2cc(C#N)c(=O)oc2c1.COc1ccc2c(C(F)(F)F)cc(=O)oc2c1.O=c1cc(C(F)(F)F)c2ccc(OCc3ccccc3)cc2o1.O=c1ccc2nc3ccc(OCc4ccccc4)cc3oc-2c1.c1ccc(COc2ccc3cccnc3c2)cc1. The molecule has 0 amide bonds. The molecule has 9 aromatic carbocycles. The second-order valence-electron chi connectivity index (χ2n) is 27.2. The van der Waals surface area contributed by atoms with Crippen LogP contribution in [0.15, 0.2) is 301 Å². The molecule has 19 nitrogen and oxygen atoms in total. The van der Waals surface area contributed by atoms with E-state index in [9.17, 15) is 50.3 Å². The predicted molar refractivity (Wildman–Crippen MR) is 442 cm³/mol. The Bertz CT molecular complexity index is 6500. The van der Waals surface area contributed by atoms with E-state index in [0.717, 1.165) is 75.5 Å². The Morgan fingerprint density at radius 3 is 1.41 bits per heavy atom. The van der Waals surface area contributed by atoms with Crippen molar-refractivity contribution in [2.75, 3.05) is 20.8 Å². The summed E-state index contributed by atoms with van der Waals surface area (Å²) in [6.07, 6.45) is -3.40. The Balaban J connectivity index is 0.000000141. The Morgan fingerprint density at radius 1 is 0.429 bits per heavy atom. The van der Waals surface area contributed by atoms with Crippen LogP contribution in [0.5, 0.6) is 34.5 Å². The maximum absolute atomic E-state index is 13.0. The first-order valence-corrected chi connectivity index (χ1v) is 37.5. The van der Waals surface area contributed by atoms with E-state index in [-0.39, 0.29) is 50.6 Å². The summed E-state index contributed by atoms with van der Waals surface area (Å²) in [5.41, 5.74) is 3.92. The van der Waals surface area contributed by atoms with Crippen LogP contribution in [0.1, 0.15) is 91.5 Å². The van der Waals surface area contributed by atoms with Gasteiger partial charge in [-0.3, -0.25) is 9.78 Å². The largest absolute Gasteiger partial charge is 0.497 e. The lowest BCUT2D eigenvalue weighted by molar-refractivity contribution is -0.137. The maximum Gasteiger partial charge on any atom is 0.417 e. The minimum atomic E-state index is -4.62. The highest BCUT2D eigenvalue weighted by Crippen LogP contribution is 2.38. The Kier molecular flexibility index (Phi) is 28.3. The Hall–Kier alpha value is -14.3. The van der Waals surface area contributed by atoms with Crippen molar-refractivity contribution in [3.05, 3.63) is 351 Å². The number of alkyl halides is 6. The molecule has 25 heteroatoms. The van der Waals surface area contributed by atoms with Gasteiger partial charge in [0.25, 0.3) is 0 Å². The zero-order valence-electron chi connectivity index (χ0n) is 65.5. The van der Waals surface area contributed by atoms with Gasteiger partial charge < -0.3 is 50.5 Å². The first kappa shape index (κ1) is 85.6. The topological polar surface area (TPSA) is 256 Å². The van der Waals surface area contributed by atoms with E-state index < -0.39 is 40.4 Å². The fourth-order valence-electron chi connectivity index (χ4n) is 12.3. The highest BCUT2D eigenvalue weighted by molar-refractivity contribution is 5.85. The van der Waals surface area contributed by atoms with Crippen molar-refractivity contribution in [3.63, 3.8) is 0 Å². The van der Waals surface area contributed by atoms with Gasteiger partial charge in [0.05, 0.1) is 37.5 Å². The molecule has 608 valence electrons. The number of hydrogen-bond donors (Lipinski definition) is 0. The van der Waals surface area contributed by atoms with Crippen LogP contribution in [-0.4, -0.2) is 30.8 Å².